The Bertz CT molecular complexity index is 529. The summed E-state index contributed by atoms with van der Waals surface area (Å²) in [6, 6.07) is 0.432. The van der Waals surface area contributed by atoms with E-state index < -0.39 is 0 Å². The third kappa shape index (κ3) is 2.85. The van der Waals surface area contributed by atoms with Gasteiger partial charge in [0.05, 0.1) is 6.33 Å². The van der Waals surface area contributed by atoms with Crippen LogP contribution in [0.3, 0.4) is 0 Å². The number of nitrogens with one attached hydrogen (secondary N) is 2. The minimum atomic E-state index is 0.432. The van der Waals surface area contributed by atoms with Crippen LogP contribution in [0.1, 0.15) is 45.4 Å². The molecule has 2 aromatic heterocycles. The number of hydrogen-bond donors (Lipinski definition) is 2. The van der Waals surface area contributed by atoms with E-state index in [-0.39, 0.29) is 0 Å². The van der Waals surface area contributed by atoms with Crippen LogP contribution in [-0.2, 0) is 0 Å². The zero-order chi connectivity index (χ0) is 13.1. The van der Waals surface area contributed by atoms with Crippen LogP contribution in [0.15, 0.2) is 12.7 Å². The smallest absolute Gasteiger partial charge is 0.182 e. The summed E-state index contributed by atoms with van der Waals surface area (Å²) in [6.07, 6.45) is 11.4. The average molecular weight is 259 g/mol. The highest BCUT2D eigenvalue weighted by Gasteiger charge is 2.16. The molecule has 1 saturated carbocycles. The van der Waals surface area contributed by atoms with Crippen LogP contribution in [0.5, 0.6) is 0 Å². The van der Waals surface area contributed by atoms with Crippen LogP contribution < -0.4 is 5.32 Å². The van der Waals surface area contributed by atoms with Gasteiger partial charge in [0.25, 0.3) is 0 Å². The van der Waals surface area contributed by atoms with Gasteiger partial charge in [-0.2, -0.15) is 0 Å². The fourth-order valence-electron chi connectivity index (χ4n) is 2.96. The van der Waals surface area contributed by atoms with E-state index in [1.165, 1.54) is 38.5 Å². The number of anilines is 1. The maximum Gasteiger partial charge on any atom is 0.182 e. The summed E-state index contributed by atoms with van der Waals surface area (Å²) in [6.45, 7) is 2.22. The number of aromatic nitrogens is 4. The number of hydrogen-bond acceptors (Lipinski definition) is 4. The number of H-pyrrole nitrogens is 1. The molecule has 1 aliphatic rings. The first-order valence-electron chi connectivity index (χ1n) is 7.23. The molecule has 1 fully saturated rings. The van der Waals surface area contributed by atoms with E-state index in [1.54, 1.807) is 12.7 Å². The van der Waals surface area contributed by atoms with Gasteiger partial charge in [-0.1, -0.05) is 25.7 Å². The predicted molar refractivity (Wildman–Crippen MR) is 76.0 cm³/mol. The monoisotopic (exact) mass is 259 g/mol. The molecule has 0 amide bonds. The second kappa shape index (κ2) is 5.55. The Morgan fingerprint density at radius 1 is 1.32 bits per heavy atom. The summed E-state index contributed by atoms with van der Waals surface area (Å²) < 4.78 is 0. The number of rotatable bonds is 5. The number of fused-ring (bicyclic) bond motifs is 1. The summed E-state index contributed by atoms with van der Waals surface area (Å²) in [5.41, 5.74) is 1.62. The normalized spacial score (nSPS) is 17.9. The van der Waals surface area contributed by atoms with E-state index in [0.717, 1.165) is 22.9 Å². The van der Waals surface area contributed by atoms with Gasteiger partial charge in [0.1, 0.15) is 11.8 Å². The van der Waals surface area contributed by atoms with Crippen LogP contribution in [0.25, 0.3) is 11.2 Å². The molecule has 0 bridgehead atoms. The highest BCUT2D eigenvalue weighted by molar-refractivity contribution is 5.81. The molecule has 1 unspecified atom stereocenters. The molecule has 5 heteroatoms. The van der Waals surface area contributed by atoms with Gasteiger partial charge in [-0.15, -0.1) is 0 Å². The zero-order valence-electron chi connectivity index (χ0n) is 11.4. The van der Waals surface area contributed by atoms with Gasteiger partial charge in [0, 0.05) is 6.04 Å². The Kier molecular flexibility index (Phi) is 3.62. The Morgan fingerprint density at radius 3 is 3.00 bits per heavy atom. The van der Waals surface area contributed by atoms with Gasteiger partial charge in [0.2, 0.25) is 0 Å². The molecular formula is C14H21N5. The largest absolute Gasteiger partial charge is 0.366 e. The van der Waals surface area contributed by atoms with Gasteiger partial charge < -0.3 is 10.3 Å². The first-order valence-corrected chi connectivity index (χ1v) is 7.23. The maximum atomic E-state index is 4.31. The molecule has 0 radical (unpaired) electrons. The molecular weight excluding hydrogens is 238 g/mol. The summed E-state index contributed by atoms with van der Waals surface area (Å²) in [4.78, 5) is 15.7. The van der Waals surface area contributed by atoms with Crippen molar-refractivity contribution < 1.29 is 0 Å². The van der Waals surface area contributed by atoms with Crippen molar-refractivity contribution in [3.05, 3.63) is 12.7 Å². The van der Waals surface area contributed by atoms with Crippen molar-refractivity contribution in [1.82, 2.24) is 19.9 Å². The second-order valence-corrected chi connectivity index (χ2v) is 5.60. The molecule has 0 aromatic carbocycles. The van der Waals surface area contributed by atoms with Gasteiger partial charge in [-0.25, -0.2) is 15.0 Å². The van der Waals surface area contributed by atoms with Crippen LogP contribution in [0.2, 0.25) is 0 Å². The lowest BCUT2D eigenvalue weighted by atomic mass is 9.99. The molecule has 1 aliphatic carbocycles. The quantitative estimate of drug-likeness (QED) is 0.865. The SMILES string of the molecule is CC(CCC1CCCC1)Nc1ncnc2nc[nH]c12. The molecule has 0 saturated heterocycles. The first-order chi connectivity index (χ1) is 9.33. The molecule has 102 valence electrons. The minimum Gasteiger partial charge on any atom is -0.366 e. The topological polar surface area (TPSA) is 66.5 Å². The number of aromatic amines is 1. The summed E-state index contributed by atoms with van der Waals surface area (Å²) >= 11 is 0. The van der Waals surface area contributed by atoms with Crippen molar-refractivity contribution in [2.24, 2.45) is 5.92 Å². The summed E-state index contributed by atoms with van der Waals surface area (Å²) in [5, 5.41) is 3.47. The third-order valence-corrected chi connectivity index (χ3v) is 4.09. The van der Waals surface area contributed by atoms with Crippen molar-refractivity contribution in [2.75, 3.05) is 5.32 Å². The van der Waals surface area contributed by atoms with E-state index in [4.69, 9.17) is 0 Å². The Hall–Kier alpha value is -1.65. The van der Waals surface area contributed by atoms with Crippen molar-refractivity contribution in [3.8, 4) is 0 Å². The molecule has 2 aromatic rings. The number of nitrogens with zero attached hydrogens (tertiary/aromatic N) is 3. The molecule has 19 heavy (non-hydrogen) atoms. The Balaban J connectivity index is 1.59. The van der Waals surface area contributed by atoms with Gasteiger partial charge in [0.15, 0.2) is 11.5 Å². The molecule has 2 heterocycles. The zero-order valence-corrected chi connectivity index (χ0v) is 11.4. The highest BCUT2D eigenvalue weighted by atomic mass is 15.1. The van der Waals surface area contributed by atoms with Crippen LogP contribution in [0.4, 0.5) is 5.82 Å². The highest BCUT2D eigenvalue weighted by Crippen LogP contribution is 2.29. The molecule has 0 spiro atoms. The van der Waals surface area contributed by atoms with E-state index >= 15 is 0 Å². The maximum absolute atomic E-state index is 4.31. The van der Waals surface area contributed by atoms with Gasteiger partial charge in [-0.05, 0) is 25.7 Å². The predicted octanol–water partition coefficient (Wildman–Crippen LogP) is 3.12. The standard InChI is InChI=1S/C14H21N5/c1-10(6-7-11-4-2-3-5-11)19-14-12-13(16-8-15-12)17-9-18-14/h8-11H,2-7H2,1H3,(H2,15,16,17,18,19). The Labute approximate surface area is 113 Å². The fourth-order valence-corrected chi connectivity index (χ4v) is 2.96. The second-order valence-electron chi connectivity index (χ2n) is 5.60. The molecule has 5 nitrogen and oxygen atoms in total. The summed E-state index contributed by atoms with van der Waals surface area (Å²) in [7, 11) is 0. The molecule has 1 atom stereocenters. The van der Waals surface area contributed by atoms with Crippen LogP contribution >= 0.6 is 0 Å². The van der Waals surface area contributed by atoms with Crippen molar-refractivity contribution >= 4 is 17.0 Å². The molecule has 2 N–H and O–H groups in total. The summed E-state index contributed by atoms with van der Waals surface area (Å²) in [5.74, 6) is 1.81. The third-order valence-electron chi connectivity index (χ3n) is 4.09. The van der Waals surface area contributed by atoms with E-state index in [1.807, 2.05) is 0 Å². The van der Waals surface area contributed by atoms with E-state index in [2.05, 4.69) is 32.2 Å². The molecule has 3 rings (SSSR count). The fraction of sp³-hybridized carbons (Fsp3) is 0.643. The first kappa shape index (κ1) is 12.4. The molecule has 0 aliphatic heterocycles. The van der Waals surface area contributed by atoms with Crippen molar-refractivity contribution in [3.63, 3.8) is 0 Å². The lowest BCUT2D eigenvalue weighted by Gasteiger charge is -2.16. The minimum absolute atomic E-state index is 0.432. The van der Waals surface area contributed by atoms with E-state index in [9.17, 15) is 0 Å². The average Bonchev–Trinajstić information content (AvgIpc) is 3.08. The van der Waals surface area contributed by atoms with Gasteiger partial charge in [-0.3, -0.25) is 0 Å². The lowest BCUT2D eigenvalue weighted by Crippen LogP contribution is -2.17. The number of imidazole rings is 1. The van der Waals surface area contributed by atoms with E-state index in [0.29, 0.717) is 6.04 Å². The Morgan fingerprint density at radius 2 is 2.16 bits per heavy atom. The van der Waals surface area contributed by atoms with Crippen molar-refractivity contribution in [2.45, 2.75) is 51.5 Å². The van der Waals surface area contributed by atoms with Gasteiger partial charge >= 0.3 is 0 Å². The van der Waals surface area contributed by atoms with Crippen molar-refractivity contribution in [1.29, 1.82) is 0 Å². The van der Waals surface area contributed by atoms with Crippen LogP contribution in [0, 0.1) is 5.92 Å². The van der Waals surface area contributed by atoms with Crippen LogP contribution in [-0.4, -0.2) is 26.0 Å². The lowest BCUT2D eigenvalue weighted by molar-refractivity contribution is 0.467.